The summed E-state index contributed by atoms with van der Waals surface area (Å²) in [6.07, 6.45) is -3.17. The van der Waals surface area contributed by atoms with E-state index in [1.807, 2.05) is 0 Å². The molecule has 2 aliphatic heterocycles. The first-order valence-corrected chi connectivity index (χ1v) is 12.6. The first-order chi connectivity index (χ1) is 16.5. The Morgan fingerprint density at radius 3 is 2.51 bits per heavy atom. The van der Waals surface area contributed by atoms with Crippen molar-refractivity contribution in [1.29, 1.82) is 0 Å². The topological polar surface area (TPSA) is 90.7 Å². The van der Waals surface area contributed by atoms with Gasteiger partial charge in [-0.1, -0.05) is 0 Å². The van der Waals surface area contributed by atoms with Crippen molar-refractivity contribution in [1.82, 2.24) is 9.78 Å². The largest absolute Gasteiger partial charge is 0.467 e. The molecule has 13 heteroatoms. The second kappa shape index (κ2) is 9.41. The maximum Gasteiger partial charge on any atom is 0.417 e. The molecular weight excluding hydrogens is 494 g/mol. The highest BCUT2D eigenvalue weighted by Crippen LogP contribution is 2.43. The van der Waals surface area contributed by atoms with E-state index in [1.165, 1.54) is 18.7 Å². The highest BCUT2D eigenvalue weighted by molar-refractivity contribution is 7.91. The lowest BCUT2D eigenvalue weighted by Gasteiger charge is -2.30. The summed E-state index contributed by atoms with van der Waals surface area (Å²) in [5.74, 6) is -1.75. The predicted molar refractivity (Wildman–Crippen MR) is 115 cm³/mol. The molecule has 0 spiro atoms. The maximum atomic E-state index is 13.8. The summed E-state index contributed by atoms with van der Waals surface area (Å²) >= 11 is 0. The minimum Gasteiger partial charge on any atom is -0.467 e. The van der Waals surface area contributed by atoms with Crippen molar-refractivity contribution < 1.29 is 40.2 Å². The zero-order valence-electron chi connectivity index (χ0n) is 19.1. The summed E-state index contributed by atoms with van der Waals surface area (Å²) in [5, 5.41) is 4.43. The number of benzene rings is 1. The van der Waals surface area contributed by atoms with Gasteiger partial charge < -0.3 is 14.4 Å². The van der Waals surface area contributed by atoms with E-state index < -0.39 is 49.2 Å². The van der Waals surface area contributed by atoms with Crippen LogP contribution in [0.4, 0.5) is 23.4 Å². The Morgan fingerprint density at radius 1 is 1.20 bits per heavy atom. The quantitative estimate of drug-likeness (QED) is 0.338. The molecule has 3 heterocycles. The molecule has 0 radical (unpaired) electrons. The van der Waals surface area contributed by atoms with Gasteiger partial charge in [0.15, 0.2) is 0 Å². The van der Waals surface area contributed by atoms with Crippen LogP contribution >= 0.6 is 0 Å². The number of rotatable bonds is 5. The number of hydrogen-bond acceptors (Lipinski definition) is 7. The third-order valence-corrected chi connectivity index (χ3v) is 8.30. The van der Waals surface area contributed by atoms with Crippen LogP contribution in [0.1, 0.15) is 43.0 Å². The standard InChI is InChI=1S/C22H25F4N3O5S/c1-13-19(35(31,32)18-6-5-14(23)12-16(18)22(24,25)26)20(28-9-3-4-17(28)21(30)33-2)29(27-13)15-7-10-34-11-8-15/h5-6,12,15,17H,3-4,7-11H2,1-2H3. The lowest BCUT2D eigenvalue weighted by molar-refractivity contribution is -0.142. The summed E-state index contributed by atoms with van der Waals surface area (Å²) in [4.78, 5) is 12.5. The molecule has 1 atom stereocenters. The van der Waals surface area contributed by atoms with E-state index in [0.29, 0.717) is 51.0 Å². The van der Waals surface area contributed by atoms with Gasteiger partial charge in [0, 0.05) is 19.8 Å². The number of carbonyl (C=O) groups is 1. The molecule has 2 fully saturated rings. The Hall–Kier alpha value is -2.67. The number of aryl methyl sites for hydroxylation is 1. The van der Waals surface area contributed by atoms with Crippen molar-refractivity contribution in [3.8, 4) is 0 Å². The molecule has 0 saturated carbocycles. The van der Waals surface area contributed by atoms with Crippen molar-refractivity contribution in [2.45, 2.75) is 60.7 Å². The summed E-state index contributed by atoms with van der Waals surface area (Å²) in [5.41, 5.74) is -1.62. The normalized spacial score (nSPS) is 19.8. The number of halogens is 4. The molecule has 2 aromatic rings. The minimum atomic E-state index is -5.11. The fourth-order valence-electron chi connectivity index (χ4n) is 4.75. The van der Waals surface area contributed by atoms with Crippen LogP contribution in [0, 0.1) is 12.7 Å². The van der Waals surface area contributed by atoms with Gasteiger partial charge in [0.25, 0.3) is 0 Å². The Morgan fingerprint density at radius 2 is 1.89 bits per heavy atom. The van der Waals surface area contributed by atoms with Crippen LogP contribution < -0.4 is 4.90 Å². The van der Waals surface area contributed by atoms with Gasteiger partial charge in [-0.3, -0.25) is 0 Å². The molecule has 0 N–H and O–H groups in total. The Bertz CT molecular complexity index is 1220. The number of alkyl halides is 3. The van der Waals surface area contributed by atoms with Crippen LogP contribution in [-0.2, 0) is 30.3 Å². The van der Waals surface area contributed by atoms with E-state index in [0.717, 1.165) is 0 Å². The van der Waals surface area contributed by atoms with Crippen LogP contribution in [0.3, 0.4) is 0 Å². The SMILES string of the molecule is COC(=O)C1CCCN1c1c(S(=O)(=O)c2ccc(F)cc2C(F)(F)F)c(C)nn1C1CCOCC1. The van der Waals surface area contributed by atoms with E-state index >= 15 is 0 Å². The minimum absolute atomic E-state index is 0.0144. The smallest absolute Gasteiger partial charge is 0.417 e. The van der Waals surface area contributed by atoms with Crippen molar-refractivity contribution in [2.75, 3.05) is 31.8 Å². The zero-order chi connectivity index (χ0) is 25.5. The first kappa shape index (κ1) is 25.4. The number of nitrogens with zero attached hydrogens (tertiary/aromatic N) is 3. The molecule has 0 amide bonds. The second-order valence-corrected chi connectivity index (χ2v) is 10.4. The number of ether oxygens (including phenoxy) is 2. The number of methoxy groups -OCH3 is 1. The third kappa shape index (κ3) is 4.63. The lowest BCUT2D eigenvalue weighted by atomic mass is 10.1. The monoisotopic (exact) mass is 519 g/mol. The Balaban J connectivity index is 1.96. The van der Waals surface area contributed by atoms with Crippen molar-refractivity contribution in [3.63, 3.8) is 0 Å². The van der Waals surface area contributed by atoms with Crippen LogP contribution in [0.25, 0.3) is 0 Å². The molecular formula is C22H25F4N3O5S. The number of hydrogen-bond donors (Lipinski definition) is 0. The average Bonchev–Trinajstić information content (AvgIpc) is 3.42. The molecule has 1 aromatic carbocycles. The van der Waals surface area contributed by atoms with Crippen LogP contribution in [-0.4, -0.2) is 57.1 Å². The van der Waals surface area contributed by atoms with Gasteiger partial charge in [-0.05, 0) is 50.8 Å². The summed E-state index contributed by atoms with van der Waals surface area (Å²) in [6.45, 7) is 2.49. The van der Waals surface area contributed by atoms with Crippen LogP contribution in [0.5, 0.6) is 0 Å². The van der Waals surface area contributed by atoms with Crippen LogP contribution in [0.2, 0.25) is 0 Å². The molecule has 35 heavy (non-hydrogen) atoms. The number of sulfone groups is 1. The van der Waals surface area contributed by atoms with Gasteiger partial charge in [-0.2, -0.15) is 18.3 Å². The average molecular weight is 520 g/mol. The lowest BCUT2D eigenvalue weighted by Crippen LogP contribution is -2.39. The maximum absolute atomic E-state index is 13.8. The van der Waals surface area contributed by atoms with E-state index in [1.54, 1.807) is 4.90 Å². The van der Waals surface area contributed by atoms with E-state index in [-0.39, 0.29) is 30.2 Å². The molecule has 0 bridgehead atoms. The van der Waals surface area contributed by atoms with E-state index in [4.69, 9.17) is 9.47 Å². The van der Waals surface area contributed by atoms with Crippen LogP contribution in [0.15, 0.2) is 28.0 Å². The highest BCUT2D eigenvalue weighted by atomic mass is 32.2. The number of anilines is 1. The molecule has 192 valence electrons. The summed E-state index contributed by atoms with van der Waals surface area (Å²) < 4.78 is 94.4. The zero-order valence-corrected chi connectivity index (χ0v) is 20.0. The number of aromatic nitrogens is 2. The van der Waals surface area contributed by atoms with E-state index in [9.17, 15) is 30.8 Å². The molecule has 1 aromatic heterocycles. The molecule has 4 rings (SSSR count). The fourth-order valence-corrected chi connectivity index (χ4v) is 6.56. The predicted octanol–water partition coefficient (Wildman–Crippen LogP) is 3.68. The summed E-state index contributed by atoms with van der Waals surface area (Å²) in [6, 6.07) is 0.351. The first-order valence-electron chi connectivity index (χ1n) is 11.1. The van der Waals surface area contributed by atoms with Gasteiger partial charge in [-0.15, -0.1) is 0 Å². The molecule has 2 aliphatic rings. The summed E-state index contributed by atoms with van der Waals surface area (Å²) in [7, 11) is -3.62. The van der Waals surface area contributed by atoms with E-state index in [2.05, 4.69) is 5.10 Å². The molecule has 1 unspecified atom stereocenters. The van der Waals surface area contributed by atoms with Gasteiger partial charge in [0.1, 0.15) is 22.6 Å². The van der Waals surface area contributed by atoms with Crippen molar-refractivity contribution in [2.24, 2.45) is 0 Å². The molecule has 2 saturated heterocycles. The van der Waals surface area contributed by atoms with Gasteiger partial charge >= 0.3 is 12.1 Å². The number of esters is 1. The molecule has 0 aliphatic carbocycles. The number of carbonyl (C=O) groups excluding carboxylic acids is 1. The Labute approximate surface area is 199 Å². The second-order valence-electron chi connectivity index (χ2n) is 8.54. The van der Waals surface area contributed by atoms with Crippen molar-refractivity contribution >= 4 is 21.6 Å². The van der Waals surface area contributed by atoms with Gasteiger partial charge in [0.05, 0.1) is 29.3 Å². The fraction of sp³-hybridized carbons (Fsp3) is 0.545. The van der Waals surface area contributed by atoms with Gasteiger partial charge in [0.2, 0.25) is 9.84 Å². The highest BCUT2D eigenvalue weighted by Gasteiger charge is 2.44. The third-order valence-electron chi connectivity index (χ3n) is 6.35. The molecule has 8 nitrogen and oxygen atoms in total. The van der Waals surface area contributed by atoms with Gasteiger partial charge in [-0.25, -0.2) is 22.3 Å². The van der Waals surface area contributed by atoms with Crippen molar-refractivity contribution in [3.05, 3.63) is 35.3 Å². The Kier molecular flexibility index (Phi) is 6.84.